The van der Waals surface area contributed by atoms with E-state index in [0.717, 1.165) is 0 Å². The van der Waals surface area contributed by atoms with Crippen molar-refractivity contribution >= 4 is 23.5 Å². The Balaban J connectivity index is 2.09. The Kier molecular flexibility index (Phi) is 5.55. The largest absolute Gasteiger partial charge is 0.493 e. The number of alkyl halides is 2. The first-order valence-electron chi connectivity index (χ1n) is 6.26. The van der Waals surface area contributed by atoms with Gasteiger partial charge in [0.15, 0.2) is 11.5 Å². The highest BCUT2D eigenvalue weighted by atomic mass is 35.5. The Morgan fingerprint density at radius 1 is 1.18 bits per heavy atom. The fourth-order valence-corrected chi connectivity index (χ4v) is 1.86. The fourth-order valence-electron chi connectivity index (χ4n) is 1.69. The van der Waals surface area contributed by atoms with Crippen LogP contribution in [-0.4, -0.2) is 19.9 Å². The van der Waals surface area contributed by atoms with Gasteiger partial charge in [-0.15, -0.1) is 0 Å². The molecule has 0 saturated carbocycles. The van der Waals surface area contributed by atoms with Gasteiger partial charge in [-0.3, -0.25) is 5.43 Å². The molecule has 0 atom stereocenters. The second kappa shape index (κ2) is 7.61. The van der Waals surface area contributed by atoms with Crippen molar-refractivity contribution in [3.63, 3.8) is 0 Å². The third kappa shape index (κ3) is 4.33. The summed E-state index contributed by atoms with van der Waals surface area (Å²) in [4.78, 5) is 0. The molecule has 116 valence electrons. The van der Waals surface area contributed by atoms with E-state index in [1.807, 2.05) is 12.1 Å². The SMILES string of the molecule is COc1cc(/C=N\Nc2ccccc2Cl)ccc1OC(F)F. The summed E-state index contributed by atoms with van der Waals surface area (Å²) in [5, 5.41) is 4.57. The summed E-state index contributed by atoms with van der Waals surface area (Å²) >= 11 is 5.98. The molecule has 0 unspecified atom stereocenters. The Bertz CT molecular complexity index is 666. The maximum absolute atomic E-state index is 12.2. The highest BCUT2D eigenvalue weighted by molar-refractivity contribution is 6.33. The number of anilines is 1. The molecular weight excluding hydrogens is 314 g/mol. The van der Waals surface area contributed by atoms with Crippen molar-refractivity contribution in [2.75, 3.05) is 12.5 Å². The molecule has 0 fully saturated rings. The molecule has 0 aromatic heterocycles. The topological polar surface area (TPSA) is 42.8 Å². The lowest BCUT2D eigenvalue weighted by Crippen LogP contribution is -2.03. The second-order valence-corrected chi connectivity index (χ2v) is 4.55. The van der Waals surface area contributed by atoms with E-state index in [0.29, 0.717) is 16.3 Å². The second-order valence-electron chi connectivity index (χ2n) is 4.14. The van der Waals surface area contributed by atoms with Gasteiger partial charge in [-0.1, -0.05) is 23.7 Å². The summed E-state index contributed by atoms with van der Waals surface area (Å²) in [5.41, 5.74) is 4.10. The number of para-hydroxylation sites is 1. The number of hydrogen-bond donors (Lipinski definition) is 1. The minimum absolute atomic E-state index is 0.0336. The zero-order valence-corrected chi connectivity index (χ0v) is 12.3. The maximum atomic E-state index is 12.2. The van der Waals surface area contributed by atoms with Gasteiger partial charge in [0.25, 0.3) is 0 Å². The average molecular weight is 327 g/mol. The standard InChI is InChI=1S/C15H13ClF2N2O2/c1-21-14-8-10(6-7-13(14)22-15(17)18)9-19-20-12-5-3-2-4-11(12)16/h2-9,15,20H,1H3/b19-9-. The lowest BCUT2D eigenvalue weighted by molar-refractivity contribution is -0.0512. The van der Waals surface area contributed by atoms with Crippen LogP contribution in [0.25, 0.3) is 0 Å². The lowest BCUT2D eigenvalue weighted by atomic mass is 10.2. The molecule has 0 spiro atoms. The quantitative estimate of drug-likeness (QED) is 0.632. The first-order chi connectivity index (χ1) is 10.6. The van der Waals surface area contributed by atoms with E-state index in [9.17, 15) is 8.78 Å². The minimum Gasteiger partial charge on any atom is -0.493 e. The van der Waals surface area contributed by atoms with Gasteiger partial charge in [0, 0.05) is 0 Å². The molecule has 2 rings (SSSR count). The zero-order chi connectivity index (χ0) is 15.9. The van der Waals surface area contributed by atoms with Crippen molar-refractivity contribution in [1.82, 2.24) is 0 Å². The highest BCUT2D eigenvalue weighted by Gasteiger charge is 2.10. The summed E-state index contributed by atoms with van der Waals surface area (Å²) in [6.45, 7) is -2.91. The molecule has 0 saturated heterocycles. The highest BCUT2D eigenvalue weighted by Crippen LogP contribution is 2.29. The van der Waals surface area contributed by atoms with Gasteiger partial charge in [-0.2, -0.15) is 13.9 Å². The van der Waals surface area contributed by atoms with E-state index < -0.39 is 6.61 Å². The van der Waals surface area contributed by atoms with Crippen LogP contribution in [0.1, 0.15) is 5.56 Å². The summed E-state index contributed by atoms with van der Waals surface area (Å²) in [6.07, 6.45) is 1.51. The number of ether oxygens (including phenoxy) is 2. The fraction of sp³-hybridized carbons (Fsp3) is 0.133. The predicted molar refractivity (Wildman–Crippen MR) is 82.3 cm³/mol. The summed E-state index contributed by atoms with van der Waals surface area (Å²) in [7, 11) is 1.37. The van der Waals surface area contributed by atoms with Gasteiger partial charge in [0.1, 0.15) is 0 Å². The van der Waals surface area contributed by atoms with Crippen LogP contribution in [0.5, 0.6) is 11.5 Å². The van der Waals surface area contributed by atoms with Crippen LogP contribution in [0, 0.1) is 0 Å². The number of methoxy groups -OCH3 is 1. The number of nitrogens with one attached hydrogen (secondary N) is 1. The molecule has 0 aliphatic carbocycles. The molecule has 0 radical (unpaired) electrons. The molecule has 4 nitrogen and oxygen atoms in total. The lowest BCUT2D eigenvalue weighted by Gasteiger charge is -2.10. The summed E-state index contributed by atoms with van der Waals surface area (Å²) in [5.74, 6) is 0.163. The van der Waals surface area contributed by atoms with Crippen LogP contribution < -0.4 is 14.9 Å². The third-order valence-corrected chi connectivity index (χ3v) is 3.01. The Hall–Kier alpha value is -2.34. The van der Waals surface area contributed by atoms with Crippen molar-refractivity contribution in [1.29, 1.82) is 0 Å². The Morgan fingerprint density at radius 2 is 1.95 bits per heavy atom. The number of rotatable bonds is 6. The molecule has 0 heterocycles. The molecule has 7 heteroatoms. The van der Waals surface area contributed by atoms with Gasteiger partial charge in [0.2, 0.25) is 0 Å². The van der Waals surface area contributed by atoms with Crippen LogP contribution in [0.3, 0.4) is 0 Å². The predicted octanol–water partition coefficient (Wildman–Crippen LogP) is 4.40. The van der Waals surface area contributed by atoms with E-state index >= 15 is 0 Å². The number of benzene rings is 2. The van der Waals surface area contributed by atoms with Gasteiger partial charge in [-0.25, -0.2) is 0 Å². The Labute approximate surface area is 131 Å². The molecule has 0 bridgehead atoms. The summed E-state index contributed by atoms with van der Waals surface area (Å²) in [6, 6.07) is 11.7. The van der Waals surface area contributed by atoms with Crippen LogP contribution in [0.15, 0.2) is 47.6 Å². The van der Waals surface area contributed by atoms with Crippen LogP contribution in [0.4, 0.5) is 14.5 Å². The van der Waals surface area contributed by atoms with Crippen molar-refractivity contribution < 1.29 is 18.3 Å². The Morgan fingerprint density at radius 3 is 2.64 bits per heavy atom. The van der Waals surface area contributed by atoms with Gasteiger partial charge in [-0.05, 0) is 35.9 Å². The monoisotopic (exact) mass is 326 g/mol. The van der Waals surface area contributed by atoms with Crippen LogP contribution >= 0.6 is 11.6 Å². The molecule has 22 heavy (non-hydrogen) atoms. The van der Waals surface area contributed by atoms with Gasteiger partial charge < -0.3 is 9.47 Å². The van der Waals surface area contributed by atoms with Crippen LogP contribution in [-0.2, 0) is 0 Å². The van der Waals surface area contributed by atoms with Gasteiger partial charge in [0.05, 0.1) is 24.0 Å². The zero-order valence-electron chi connectivity index (χ0n) is 11.6. The van der Waals surface area contributed by atoms with Crippen molar-refractivity contribution in [3.05, 3.63) is 53.1 Å². The smallest absolute Gasteiger partial charge is 0.387 e. The van der Waals surface area contributed by atoms with E-state index in [1.54, 1.807) is 18.2 Å². The number of nitrogens with zero attached hydrogens (tertiary/aromatic N) is 1. The summed E-state index contributed by atoms with van der Waals surface area (Å²) < 4.78 is 33.8. The minimum atomic E-state index is -2.91. The van der Waals surface area contributed by atoms with Crippen molar-refractivity contribution in [2.24, 2.45) is 5.10 Å². The van der Waals surface area contributed by atoms with E-state index in [4.69, 9.17) is 16.3 Å². The molecular formula is C15H13ClF2N2O2. The van der Waals surface area contributed by atoms with Gasteiger partial charge >= 0.3 is 6.61 Å². The number of hydrogen-bond acceptors (Lipinski definition) is 4. The maximum Gasteiger partial charge on any atom is 0.387 e. The number of hydrazone groups is 1. The van der Waals surface area contributed by atoms with E-state index in [1.165, 1.54) is 25.5 Å². The van der Waals surface area contributed by atoms with Crippen molar-refractivity contribution in [2.45, 2.75) is 6.61 Å². The normalized spacial score (nSPS) is 11.0. The van der Waals surface area contributed by atoms with E-state index in [-0.39, 0.29) is 11.5 Å². The third-order valence-electron chi connectivity index (χ3n) is 2.68. The molecule has 0 amide bonds. The van der Waals surface area contributed by atoms with E-state index in [2.05, 4.69) is 15.3 Å². The molecule has 0 aliphatic heterocycles. The van der Waals surface area contributed by atoms with Crippen LogP contribution in [0.2, 0.25) is 5.02 Å². The molecule has 0 aliphatic rings. The molecule has 1 N–H and O–H groups in total. The van der Waals surface area contributed by atoms with Crippen molar-refractivity contribution in [3.8, 4) is 11.5 Å². The molecule has 2 aromatic rings. The first-order valence-corrected chi connectivity index (χ1v) is 6.64. The number of halogens is 3. The molecule has 2 aromatic carbocycles. The average Bonchev–Trinajstić information content (AvgIpc) is 2.50. The first kappa shape index (κ1) is 16.0.